The molecule has 0 fully saturated rings. The molecule has 0 unspecified atom stereocenters. The summed E-state index contributed by atoms with van der Waals surface area (Å²) in [4.78, 5) is 13.8. The fraction of sp³-hybridized carbons (Fsp3) is 0.600. The van der Waals surface area contributed by atoms with E-state index in [1.807, 2.05) is 32.2 Å². The third kappa shape index (κ3) is 3.97. The van der Waals surface area contributed by atoms with E-state index in [9.17, 15) is 4.79 Å². The second-order valence-corrected chi connectivity index (χ2v) is 6.28. The van der Waals surface area contributed by atoms with Crippen molar-refractivity contribution in [3.8, 4) is 0 Å². The van der Waals surface area contributed by atoms with Crippen LogP contribution in [0.4, 0.5) is 0 Å². The molecule has 0 saturated heterocycles. The van der Waals surface area contributed by atoms with Gasteiger partial charge in [-0.3, -0.25) is 4.79 Å². The Kier molecular flexibility index (Phi) is 6.68. The van der Waals surface area contributed by atoms with E-state index in [0.29, 0.717) is 19.4 Å². The van der Waals surface area contributed by atoms with E-state index in [2.05, 4.69) is 10.5 Å². The van der Waals surface area contributed by atoms with Gasteiger partial charge >= 0.3 is 0 Å². The number of aryl methyl sites for hydroxylation is 1. The van der Waals surface area contributed by atoms with E-state index in [1.165, 1.54) is 5.56 Å². The highest BCUT2D eigenvalue weighted by Crippen LogP contribution is 2.31. The molecule has 0 aliphatic carbocycles. The summed E-state index contributed by atoms with van der Waals surface area (Å²) in [6.45, 7) is 6.49. The van der Waals surface area contributed by atoms with E-state index < -0.39 is 5.41 Å². The fourth-order valence-corrected chi connectivity index (χ4v) is 3.43. The molecule has 0 atom stereocenters. The van der Waals surface area contributed by atoms with Crippen LogP contribution in [-0.2, 0) is 11.3 Å². The summed E-state index contributed by atoms with van der Waals surface area (Å²) in [5.41, 5.74) is 6.10. The Morgan fingerprint density at radius 1 is 1.43 bits per heavy atom. The molecule has 4 N–H and O–H groups in total. The molecule has 0 spiro atoms. The number of carbonyl (C=O) groups excluding carboxylic acids is 1. The van der Waals surface area contributed by atoms with Crippen molar-refractivity contribution < 1.29 is 10.0 Å². The Morgan fingerprint density at radius 2 is 2.05 bits per heavy atom. The molecule has 6 heteroatoms. The van der Waals surface area contributed by atoms with Crippen LogP contribution in [0.15, 0.2) is 16.6 Å². The molecule has 0 radical (unpaired) electrons. The molecule has 0 aliphatic rings. The van der Waals surface area contributed by atoms with Gasteiger partial charge in [-0.15, -0.1) is 11.3 Å². The van der Waals surface area contributed by atoms with Gasteiger partial charge in [0.2, 0.25) is 5.91 Å². The number of hydrogen-bond acceptors (Lipinski definition) is 4. The van der Waals surface area contributed by atoms with Gasteiger partial charge in [0.1, 0.15) is 5.41 Å². The largest absolute Gasteiger partial charge is 0.409 e. The molecule has 1 aromatic rings. The highest BCUT2D eigenvalue weighted by molar-refractivity contribution is 7.10. The van der Waals surface area contributed by atoms with Crippen molar-refractivity contribution in [3.05, 3.63) is 21.9 Å². The summed E-state index contributed by atoms with van der Waals surface area (Å²) < 4.78 is 0. The molecular weight excluding hydrogens is 286 g/mol. The summed E-state index contributed by atoms with van der Waals surface area (Å²) in [5, 5.41) is 17.1. The number of rotatable bonds is 8. The molecule has 1 amide bonds. The number of amidine groups is 1. The number of nitrogens with zero attached hydrogens (tertiary/aromatic N) is 1. The van der Waals surface area contributed by atoms with E-state index in [4.69, 9.17) is 10.9 Å². The first kappa shape index (κ1) is 17.5. The zero-order valence-electron chi connectivity index (χ0n) is 13.0. The minimum atomic E-state index is -0.913. The Morgan fingerprint density at radius 3 is 2.48 bits per heavy atom. The maximum Gasteiger partial charge on any atom is 0.234 e. The molecule has 0 saturated carbocycles. The Labute approximate surface area is 130 Å². The van der Waals surface area contributed by atoms with Gasteiger partial charge in [-0.05, 0) is 36.8 Å². The zero-order chi connectivity index (χ0) is 15.9. The summed E-state index contributed by atoms with van der Waals surface area (Å²) in [6, 6.07) is 2.03. The predicted molar refractivity (Wildman–Crippen MR) is 86.6 cm³/mol. The number of carbonyl (C=O) groups is 1. The first-order valence-corrected chi connectivity index (χ1v) is 8.19. The maximum atomic E-state index is 12.7. The summed E-state index contributed by atoms with van der Waals surface area (Å²) >= 11 is 1.62. The topological polar surface area (TPSA) is 87.7 Å². The smallest absolute Gasteiger partial charge is 0.234 e. The van der Waals surface area contributed by atoms with Gasteiger partial charge in [0, 0.05) is 4.88 Å². The van der Waals surface area contributed by atoms with Crippen molar-refractivity contribution in [1.29, 1.82) is 0 Å². The Balaban J connectivity index is 2.91. The third-order valence-corrected chi connectivity index (χ3v) is 4.79. The molecule has 0 aliphatic heterocycles. The van der Waals surface area contributed by atoms with Crippen LogP contribution >= 0.6 is 11.3 Å². The van der Waals surface area contributed by atoms with Crippen LogP contribution in [0.2, 0.25) is 0 Å². The van der Waals surface area contributed by atoms with Gasteiger partial charge < -0.3 is 16.3 Å². The van der Waals surface area contributed by atoms with Crippen LogP contribution in [-0.4, -0.2) is 17.0 Å². The minimum Gasteiger partial charge on any atom is -0.409 e. The van der Waals surface area contributed by atoms with Crippen LogP contribution in [0.25, 0.3) is 0 Å². The van der Waals surface area contributed by atoms with Gasteiger partial charge in [0.25, 0.3) is 0 Å². The lowest BCUT2D eigenvalue weighted by Gasteiger charge is -2.30. The van der Waals surface area contributed by atoms with Gasteiger partial charge in [0.05, 0.1) is 6.54 Å². The second-order valence-electron chi connectivity index (χ2n) is 5.28. The second kappa shape index (κ2) is 8.02. The van der Waals surface area contributed by atoms with Gasteiger partial charge in [0.15, 0.2) is 5.84 Å². The summed E-state index contributed by atoms with van der Waals surface area (Å²) in [6.07, 6.45) is 2.74. The minimum absolute atomic E-state index is 0.00611. The molecular formula is C15H25N3O2S. The SMILES string of the molecule is CCCC(CCC)(C(=O)NCc1sccc1C)/C(N)=N/O. The third-order valence-electron chi connectivity index (χ3n) is 3.76. The van der Waals surface area contributed by atoms with Crippen molar-refractivity contribution in [2.45, 2.75) is 53.0 Å². The number of oxime groups is 1. The quantitative estimate of drug-likeness (QED) is 0.298. The molecule has 21 heavy (non-hydrogen) atoms. The first-order valence-electron chi connectivity index (χ1n) is 7.31. The van der Waals surface area contributed by atoms with Crippen LogP contribution in [0.5, 0.6) is 0 Å². The predicted octanol–water partition coefficient (Wildman–Crippen LogP) is 3.01. The highest BCUT2D eigenvalue weighted by atomic mass is 32.1. The van der Waals surface area contributed by atoms with Crippen molar-refractivity contribution in [1.82, 2.24) is 5.32 Å². The van der Waals surface area contributed by atoms with Crippen LogP contribution < -0.4 is 11.1 Å². The lowest BCUT2D eigenvalue weighted by atomic mass is 9.77. The van der Waals surface area contributed by atoms with Crippen molar-refractivity contribution in [2.75, 3.05) is 0 Å². The van der Waals surface area contributed by atoms with E-state index >= 15 is 0 Å². The highest BCUT2D eigenvalue weighted by Gasteiger charge is 2.41. The summed E-state index contributed by atoms with van der Waals surface area (Å²) in [7, 11) is 0. The molecule has 1 rings (SSSR count). The Hall–Kier alpha value is -1.56. The zero-order valence-corrected chi connectivity index (χ0v) is 13.8. The molecule has 118 valence electrons. The lowest BCUT2D eigenvalue weighted by molar-refractivity contribution is -0.128. The van der Waals surface area contributed by atoms with Crippen molar-refractivity contribution in [2.24, 2.45) is 16.3 Å². The summed E-state index contributed by atoms with van der Waals surface area (Å²) in [5.74, 6) is -0.152. The average molecular weight is 311 g/mol. The maximum absolute atomic E-state index is 12.7. The standard InChI is InChI=1S/C15H25N3O2S/c1-4-7-15(8-5-2,13(16)18-20)14(19)17-10-12-11(3)6-9-21-12/h6,9,20H,4-5,7-8,10H2,1-3H3,(H2,16,18)(H,17,19). The molecule has 1 heterocycles. The molecule has 0 aromatic carbocycles. The van der Waals surface area contributed by atoms with Gasteiger partial charge in [-0.1, -0.05) is 31.8 Å². The molecule has 5 nitrogen and oxygen atoms in total. The monoisotopic (exact) mass is 311 g/mol. The number of thiophene rings is 1. The molecule has 1 aromatic heterocycles. The van der Waals surface area contributed by atoms with Crippen molar-refractivity contribution >= 4 is 23.1 Å². The fourth-order valence-electron chi connectivity index (χ4n) is 2.59. The van der Waals surface area contributed by atoms with Crippen LogP contribution in [0, 0.1) is 12.3 Å². The van der Waals surface area contributed by atoms with Crippen molar-refractivity contribution in [3.63, 3.8) is 0 Å². The number of amides is 1. The Bertz CT molecular complexity index is 491. The normalized spacial score (nSPS) is 12.4. The number of nitrogens with two attached hydrogens (primary N) is 1. The first-order chi connectivity index (χ1) is 10.0. The van der Waals surface area contributed by atoms with Gasteiger partial charge in [-0.2, -0.15) is 0 Å². The van der Waals surface area contributed by atoms with E-state index in [-0.39, 0.29) is 11.7 Å². The van der Waals surface area contributed by atoms with E-state index in [0.717, 1.165) is 17.7 Å². The number of hydrogen-bond donors (Lipinski definition) is 3. The lowest BCUT2D eigenvalue weighted by Crippen LogP contribution is -2.49. The molecule has 0 bridgehead atoms. The number of nitrogens with one attached hydrogen (secondary N) is 1. The van der Waals surface area contributed by atoms with E-state index in [1.54, 1.807) is 11.3 Å². The van der Waals surface area contributed by atoms with Crippen LogP contribution in [0.3, 0.4) is 0 Å². The van der Waals surface area contributed by atoms with Crippen LogP contribution in [0.1, 0.15) is 50.0 Å². The average Bonchev–Trinajstić information content (AvgIpc) is 2.88. The van der Waals surface area contributed by atoms with Gasteiger partial charge in [-0.25, -0.2) is 0 Å².